The van der Waals surface area contributed by atoms with Crippen molar-refractivity contribution in [1.82, 2.24) is 0 Å². The minimum atomic E-state index is -0.619. The van der Waals surface area contributed by atoms with Crippen LogP contribution in [0.3, 0.4) is 0 Å². The number of ether oxygens (including phenoxy) is 1. The van der Waals surface area contributed by atoms with Crippen molar-refractivity contribution in [2.45, 2.75) is 44.4 Å². The van der Waals surface area contributed by atoms with E-state index in [9.17, 15) is 4.79 Å². The van der Waals surface area contributed by atoms with Gasteiger partial charge in [0.2, 0.25) is 0 Å². The highest BCUT2D eigenvalue weighted by molar-refractivity contribution is 5.92. The van der Waals surface area contributed by atoms with E-state index in [0.29, 0.717) is 6.42 Å². The normalized spacial score (nSPS) is 21.6. The van der Waals surface area contributed by atoms with Crippen LogP contribution in [0.15, 0.2) is 18.2 Å². The summed E-state index contributed by atoms with van der Waals surface area (Å²) in [5.41, 5.74) is 1.57. The molecule has 1 unspecified atom stereocenters. The molecular formula is C16H19NO2. The van der Waals surface area contributed by atoms with Gasteiger partial charge in [-0.25, -0.2) is 0 Å². The van der Waals surface area contributed by atoms with E-state index in [1.54, 1.807) is 7.11 Å². The van der Waals surface area contributed by atoms with Gasteiger partial charge in [0.15, 0.2) is 0 Å². The number of fused-ring (bicyclic) bond motifs is 1. The molecule has 1 atom stereocenters. The third kappa shape index (κ3) is 2.23. The van der Waals surface area contributed by atoms with Crippen LogP contribution < -0.4 is 4.74 Å². The number of carbonyl (C=O) groups excluding carboxylic acids is 1. The molecule has 0 amide bonds. The smallest absolute Gasteiger partial charge is 0.144 e. The number of nitrogens with zero attached hydrogens (tertiary/aromatic N) is 1. The van der Waals surface area contributed by atoms with Gasteiger partial charge in [0.25, 0.3) is 0 Å². The molecule has 3 heteroatoms. The van der Waals surface area contributed by atoms with Gasteiger partial charge in [-0.05, 0) is 36.1 Å². The first-order valence-electron chi connectivity index (χ1n) is 6.75. The molecule has 0 spiro atoms. The average Bonchev–Trinajstić information content (AvgIpc) is 2.43. The van der Waals surface area contributed by atoms with Crippen LogP contribution in [0.4, 0.5) is 0 Å². The number of hydrogen-bond donors (Lipinski definition) is 0. The molecule has 0 aliphatic heterocycles. The predicted octanol–water partition coefficient (Wildman–Crippen LogP) is 3.16. The minimum Gasteiger partial charge on any atom is -0.497 e. The third-order valence-corrected chi connectivity index (χ3v) is 4.05. The van der Waals surface area contributed by atoms with Crippen LogP contribution in [0.1, 0.15) is 43.7 Å². The van der Waals surface area contributed by atoms with Crippen LogP contribution in [0, 0.1) is 11.3 Å². The van der Waals surface area contributed by atoms with E-state index < -0.39 is 5.41 Å². The van der Waals surface area contributed by atoms with Gasteiger partial charge in [-0.15, -0.1) is 0 Å². The zero-order valence-corrected chi connectivity index (χ0v) is 11.5. The Balaban J connectivity index is 2.59. The molecule has 1 aromatic rings. The molecule has 1 aliphatic carbocycles. The van der Waals surface area contributed by atoms with Crippen LogP contribution in [0.25, 0.3) is 0 Å². The quantitative estimate of drug-likeness (QED) is 0.832. The molecule has 0 aromatic heterocycles. The first kappa shape index (κ1) is 13.6. The van der Waals surface area contributed by atoms with Crippen LogP contribution in [0.2, 0.25) is 0 Å². The van der Waals surface area contributed by atoms with Crippen molar-refractivity contribution < 1.29 is 9.53 Å². The maximum Gasteiger partial charge on any atom is 0.144 e. The highest BCUT2D eigenvalue weighted by Gasteiger charge is 2.42. The number of carbonyl (C=O) groups is 1. The fraction of sp³-hybridized carbons (Fsp3) is 0.500. The third-order valence-electron chi connectivity index (χ3n) is 4.05. The molecule has 3 nitrogen and oxygen atoms in total. The van der Waals surface area contributed by atoms with E-state index >= 15 is 0 Å². The number of methoxy groups -OCH3 is 1. The van der Waals surface area contributed by atoms with Gasteiger partial charge in [-0.2, -0.15) is 5.26 Å². The Kier molecular flexibility index (Phi) is 3.90. The second-order valence-corrected chi connectivity index (χ2v) is 5.11. The fourth-order valence-corrected chi connectivity index (χ4v) is 3.10. The average molecular weight is 257 g/mol. The largest absolute Gasteiger partial charge is 0.497 e. The number of benzene rings is 1. The maximum atomic E-state index is 12.5. The lowest BCUT2D eigenvalue weighted by atomic mass is 9.65. The van der Waals surface area contributed by atoms with Gasteiger partial charge in [-0.1, -0.05) is 19.4 Å². The van der Waals surface area contributed by atoms with Gasteiger partial charge in [-0.3, -0.25) is 4.79 Å². The number of hydrogen-bond acceptors (Lipinski definition) is 3. The van der Waals surface area contributed by atoms with E-state index in [-0.39, 0.29) is 12.2 Å². The van der Waals surface area contributed by atoms with Gasteiger partial charge >= 0.3 is 0 Å². The lowest BCUT2D eigenvalue weighted by Crippen LogP contribution is -2.40. The van der Waals surface area contributed by atoms with Crippen LogP contribution in [0.5, 0.6) is 5.75 Å². The molecule has 0 N–H and O–H groups in total. The molecular weight excluding hydrogens is 238 g/mol. The molecule has 0 heterocycles. The van der Waals surface area contributed by atoms with Crippen molar-refractivity contribution in [1.29, 1.82) is 5.26 Å². The summed E-state index contributed by atoms with van der Waals surface area (Å²) in [5, 5.41) is 9.15. The fourth-order valence-electron chi connectivity index (χ4n) is 3.10. The topological polar surface area (TPSA) is 50.1 Å². The monoisotopic (exact) mass is 257 g/mol. The molecule has 0 fully saturated rings. The first-order chi connectivity index (χ1) is 9.17. The van der Waals surface area contributed by atoms with Crippen molar-refractivity contribution in [3.63, 3.8) is 0 Å². The zero-order valence-electron chi connectivity index (χ0n) is 11.5. The Hall–Kier alpha value is -1.82. The van der Waals surface area contributed by atoms with Crippen molar-refractivity contribution in [2.24, 2.45) is 0 Å². The molecule has 2 rings (SSSR count). The van der Waals surface area contributed by atoms with Gasteiger partial charge in [0, 0.05) is 6.42 Å². The van der Waals surface area contributed by atoms with E-state index in [4.69, 9.17) is 10.00 Å². The molecule has 1 aromatic carbocycles. The summed E-state index contributed by atoms with van der Waals surface area (Å²) in [4.78, 5) is 12.5. The lowest BCUT2D eigenvalue weighted by molar-refractivity contribution is -0.125. The Labute approximate surface area is 114 Å². The molecule has 19 heavy (non-hydrogen) atoms. The summed E-state index contributed by atoms with van der Waals surface area (Å²) in [5.74, 6) is 0.962. The highest BCUT2D eigenvalue weighted by Crippen LogP contribution is 2.42. The minimum absolute atomic E-state index is 0.205. The second-order valence-electron chi connectivity index (χ2n) is 5.11. The van der Waals surface area contributed by atoms with E-state index in [2.05, 4.69) is 13.0 Å². The van der Waals surface area contributed by atoms with E-state index in [1.807, 2.05) is 18.2 Å². The van der Waals surface area contributed by atoms with Gasteiger partial charge in [0.05, 0.1) is 25.0 Å². The first-order valence-corrected chi connectivity index (χ1v) is 6.75. The number of ketones is 1. The molecule has 100 valence electrons. The Bertz CT molecular complexity index is 530. The predicted molar refractivity (Wildman–Crippen MR) is 73.1 cm³/mol. The van der Waals surface area contributed by atoms with E-state index in [0.717, 1.165) is 30.6 Å². The second kappa shape index (κ2) is 5.44. The van der Waals surface area contributed by atoms with Crippen LogP contribution in [-0.2, 0) is 16.6 Å². The zero-order chi connectivity index (χ0) is 13.9. The summed E-state index contributed by atoms with van der Waals surface area (Å²) in [6, 6.07) is 8.11. The van der Waals surface area contributed by atoms with Crippen molar-refractivity contribution in [3.05, 3.63) is 29.3 Å². The number of nitriles is 1. The molecule has 0 bridgehead atoms. The van der Waals surface area contributed by atoms with Crippen molar-refractivity contribution in [2.75, 3.05) is 7.11 Å². The Morgan fingerprint density at radius 2 is 2.21 bits per heavy atom. The lowest BCUT2D eigenvalue weighted by Gasteiger charge is -2.36. The van der Waals surface area contributed by atoms with Crippen LogP contribution in [-0.4, -0.2) is 12.9 Å². The molecule has 0 radical (unpaired) electrons. The Morgan fingerprint density at radius 1 is 1.42 bits per heavy atom. The number of rotatable bonds is 4. The SMILES string of the molecule is CCCC1(CC#N)C(=O)CCc2ccc(OC)cc21. The summed E-state index contributed by atoms with van der Waals surface area (Å²) >= 11 is 0. The standard InChI is InChI=1S/C16H19NO2/c1-3-8-16(9-10-17)14-11-13(19-2)6-4-12(14)5-7-15(16)18/h4,6,11H,3,5,7-9H2,1-2H3. The van der Waals surface area contributed by atoms with Crippen molar-refractivity contribution >= 4 is 5.78 Å². The highest BCUT2D eigenvalue weighted by atomic mass is 16.5. The maximum absolute atomic E-state index is 12.5. The van der Waals surface area contributed by atoms with Crippen LogP contribution >= 0.6 is 0 Å². The van der Waals surface area contributed by atoms with Gasteiger partial charge in [0.1, 0.15) is 11.5 Å². The molecule has 0 saturated carbocycles. The van der Waals surface area contributed by atoms with Gasteiger partial charge < -0.3 is 4.74 Å². The number of aryl methyl sites for hydroxylation is 1. The summed E-state index contributed by atoms with van der Waals surface area (Å²) in [7, 11) is 1.62. The molecule has 0 saturated heterocycles. The van der Waals surface area contributed by atoms with E-state index in [1.165, 1.54) is 5.56 Å². The molecule has 1 aliphatic rings. The van der Waals surface area contributed by atoms with Crippen molar-refractivity contribution in [3.8, 4) is 11.8 Å². The summed E-state index contributed by atoms with van der Waals surface area (Å²) in [6.45, 7) is 2.06. The Morgan fingerprint density at radius 3 is 2.84 bits per heavy atom. The number of Topliss-reactive ketones (excluding diaryl/α,β-unsaturated/α-hetero) is 1. The summed E-state index contributed by atoms with van der Waals surface area (Å²) < 4.78 is 5.27. The summed E-state index contributed by atoms with van der Waals surface area (Å²) in [6.07, 6.45) is 3.21.